The van der Waals surface area contributed by atoms with E-state index in [0.29, 0.717) is 13.1 Å². The third-order valence-corrected chi connectivity index (χ3v) is 4.80. The van der Waals surface area contributed by atoms with E-state index in [1.165, 1.54) is 6.92 Å². The first-order chi connectivity index (χ1) is 9.38. The maximum Gasteiger partial charge on any atom is 0.296 e. The summed E-state index contributed by atoms with van der Waals surface area (Å²) in [6.07, 6.45) is 0.781. The quantitative estimate of drug-likeness (QED) is 0.791. The molecule has 1 atom stereocenters. The molecule has 6 heteroatoms. The van der Waals surface area contributed by atoms with Crippen molar-refractivity contribution in [1.82, 2.24) is 4.90 Å². The Labute approximate surface area is 119 Å². The second-order valence-corrected chi connectivity index (χ2v) is 6.79. The molecule has 2 rings (SSSR count). The molecular weight excluding hydrogens is 278 g/mol. The van der Waals surface area contributed by atoms with Gasteiger partial charge in [-0.15, -0.1) is 0 Å². The van der Waals surface area contributed by atoms with Crippen LogP contribution in [0.25, 0.3) is 0 Å². The van der Waals surface area contributed by atoms with Crippen LogP contribution in [0, 0.1) is 12.8 Å². The maximum absolute atomic E-state index is 12.0. The van der Waals surface area contributed by atoms with E-state index in [1.807, 2.05) is 6.92 Å². The lowest BCUT2D eigenvalue weighted by Crippen LogP contribution is -2.26. The number of hydrogen-bond acceptors (Lipinski definition) is 4. The van der Waals surface area contributed by atoms with Gasteiger partial charge in [0.1, 0.15) is 0 Å². The van der Waals surface area contributed by atoms with Gasteiger partial charge in [-0.3, -0.25) is 8.98 Å². The fourth-order valence-corrected chi connectivity index (χ4v) is 3.19. The fraction of sp³-hybridized carbons (Fsp3) is 0.500. The summed E-state index contributed by atoms with van der Waals surface area (Å²) in [5.41, 5.74) is 0.997. The van der Waals surface area contributed by atoms with Crippen molar-refractivity contribution in [1.29, 1.82) is 0 Å². The number of carbonyl (C=O) groups excluding carboxylic acids is 1. The largest absolute Gasteiger partial charge is 0.343 e. The first-order valence-corrected chi connectivity index (χ1v) is 8.01. The third kappa shape index (κ3) is 3.58. The molecule has 110 valence electrons. The summed E-state index contributed by atoms with van der Waals surface area (Å²) in [5.74, 6) is 0.105. The first-order valence-electron chi connectivity index (χ1n) is 6.60. The van der Waals surface area contributed by atoms with Crippen molar-refractivity contribution in [2.45, 2.75) is 25.2 Å². The molecule has 0 unspecified atom stereocenters. The van der Waals surface area contributed by atoms with Gasteiger partial charge in [0.25, 0.3) is 10.1 Å². The second kappa shape index (κ2) is 5.93. The Morgan fingerprint density at radius 1 is 1.35 bits per heavy atom. The minimum Gasteiger partial charge on any atom is -0.343 e. The smallest absolute Gasteiger partial charge is 0.296 e. The first kappa shape index (κ1) is 15.0. The van der Waals surface area contributed by atoms with Gasteiger partial charge in [0, 0.05) is 25.9 Å². The molecule has 0 bridgehead atoms. The van der Waals surface area contributed by atoms with Crippen molar-refractivity contribution in [2.24, 2.45) is 5.92 Å². The van der Waals surface area contributed by atoms with Gasteiger partial charge in [-0.05, 0) is 25.5 Å². The van der Waals surface area contributed by atoms with Gasteiger partial charge in [0.15, 0.2) is 0 Å². The Kier molecular flexibility index (Phi) is 4.45. The predicted octanol–water partition coefficient (Wildman–Crippen LogP) is 1.57. The number of rotatable bonds is 4. The SMILES string of the molecule is CC(=O)N1CC[C@H](COS(=O)(=O)c2ccc(C)cc2)C1. The zero-order valence-electron chi connectivity index (χ0n) is 11.7. The second-order valence-electron chi connectivity index (χ2n) is 5.17. The lowest BCUT2D eigenvalue weighted by Gasteiger charge is -2.14. The van der Waals surface area contributed by atoms with Gasteiger partial charge in [0.2, 0.25) is 5.91 Å². The molecule has 0 saturated carbocycles. The molecule has 1 amide bonds. The van der Waals surface area contributed by atoms with E-state index in [9.17, 15) is 13.2 Å². The van der Waals surface area contributed by atoms with E-state index in [4.69, 9.17) is 4.18 Å². The Morgan fingerprint density at radius 3 is 2.55 bits per heavy atom. The van der Waals surface area contributed by atoms with Crippen LogP contribution in [0.15, 0.2) is 29.2 Å². The van der Waals surface area contributed by atoms with Crippen molar-refractivity contribution in [2.75, 3.05) is 19.7 Å². The molecule has 1 saturated heterocycles. The highest BCUT2D eigenvalue weighted by atomic mass is 32.2. The molecule has 0 N–H and O–H groups in total. The van der Waals surface area contributed by atoms with Crippen LogP contribution < -0.4 is 0 Å². The minimum absolute atomic E-state index is 0.0221. The van der Waals surface area contributed by atoms with Crippen molar-refractivity contribution >= 4 is 16.0 Å². The van der Waals surface area contributed by atoms with Crippen LogP contribution in [0.5, 0.6) is 0 Å². The van der Waals surface area contributed by atoms with E-state index in [1.54, 1.807) is 29.2 Å². The summed E-state index contributed by atoms with van der Waals surface area (Å²) >= 11 is 0. The average molecular weight is 297 g/mol. The van der Waals surface area contributed by atoms with E-state index in [0.717, 1.165) is 12.0 Å². The van der Waals surface area contributed by atoms with Gasteiger partial charge in [-0.1, -0.05) is 17.7 Å². The lowest BCUT2D eigenvalue weighted by atomic mass is 10.1. The number of amides is 1. The number of aryl methyl sites for hydroxylation is 1. The van der Waals surface area contributed by atoms with E-state index in [2.05, 4.69) is 0 Å². The molecule has 1 aromatic carbocycles. The monoisotopic (exact) mass is 297 g/mol. The number of benzene rings is 1. The topological polar surface area (TPSA) is 63.7 Å². The summed E-state index contributed by atoms with van der Waals surface area (Å²) in [6, 6.07) is 6.56. The summed E-state index contributed by atoms with van der Waals surface area (Å²) in [6.45, 7) is 4.78. The molecule has 0 radical (unpaired) electrons. The number of likely N-dealkylation sites (tertiary alicyclic amines) is 1. The van der Waals surface area contributed by atoms with Crippen LogP contribution >= 0.6 is 0 Å². The van der Waals surface area contributed by atoms with E-state index in [-0.39, 0.29) is 23.3 Å². The van der Waals surface area contributed by atoms with Crippen molar-refractivity contribution in [3.63, 3.8) is 0 Å². The Morgan fingerprint density at radius 2 is 2.00 bits per heavy atom. The Hall–Kier alpha value is -1.40. The molecule has 1 aliphatic heterocycles. The summed E-state index contributed by atoms with van der Waals surface area (Å²) in [5, 5.41) is 0. The Bertz CT molecular complexity index is 580. The third-order valence-electron chi connectivity index (χ3n) is 3.50. The van der Waals surface area contributed by atoms with Crippen LogP contribution in [0.2, 0.25) is 0 Å². The predicted molar refractivity (Wildman–Crippen MR) is 74.7 cm³/mol. The Balaban J connectivity index is 1.93. The van der Waals surface area contributed by atoms with Crippen LogP contribution in [-0.4, -0.2) is 38.9 Å². The van der Waals surface area contributed by atoms with Crippen LogP contribution in [0.4, 0.5) is 0 Å². The highest BCUT2D eigenvalue weighted by Gasteiger charge is 2.26. The highest BCUT2D eigenvalue weighted by molar-refractivity contribution is 7.86. The van der Waals surface area contributed by atoms with E-state index >= 15 is 0 Å². The molecule has 1 fully saturated rings. The van der Waals surface area contributed by atoms with Crippen LogP contribution in [0.1, 0.15) is 18.9 Å². The zero-order valence-corrected chi connectivity index (χ0v) is 12.5. The lowest BCUT2D eigenvalue weighted by molar-refractivity contribution is -0.127. The van der Waals surface area contributed by atoms with Crippen molar-refractivity contribution in [3.8, 4) is 0 Å². The van der Waals surface area contributed by atoms with Crippen molar-refractivity contribution < 1.29 is 17.4 Å². The maximum atomic E-state index is 12.0. The number of nitrogens with zero attached hydrogens (tertiary/aromatic N) is 1. The fourth-order valence-electron chi connectivity index (χ4n) is 2.21. The van der Waals surface area contributed by atoms with Crippen LogP contribution in [-0.2, 0) is 19.1 Å². The number of carbonyl (C=O) groups is 1. The zero-order chi connectivity index (χ0) is 14.8. The summed E-state index contributed by atoms with van der Waals surface area (Å²) < 4.78 is 29.1. The van der Waals surface area contributed by atoms with Gasteiger partial charge in [-0.25, -0.2) is 0 Å². The number of hydrogen-bond donors (Lipinski definition) is 0. The molecule has 1 aliphatic rings. The van der Waals surface area contributed by atoms with Crippen LogP contribution in [0.3, 0.4) is 0 Å². The molecule has 1 heterocycles. The molecule has 0 spiro atoms. The molecule has 0 aliphatic carbocycles. The normalized spacial score (nSPS) is 19.3. The van der Waals surface area contributed by atoms with Gasteiger partial charge < -0.3 is 4.90 Å². The highest BCUT2D eigenvalue weighted by Crippen LogP contribution is 2.20. The van der Waals surface area contributed by atoms with Gasteiger partial charge in [-0.2, -0.15) is 8.42 Å². The van der Waals surface area contributed by atoms with Gasteiger partial charge >= 0.3 is 0 Å². The molecule has 5 nitrogen and oxygen atoms in total. The summed E-state index contributed by atoms with van der Waals surface area (Å²) in [7, 11) is -3.71. The molecule has 20 heavy (non-hydrogen) atoms. The molecule has 1 aromatic rings. The standard InChI is InChI=1S/C14H19NO4S/c1-11-3-5-14(6-4-11)20(17,18)19-10-13-7-8-15(9-13)12(2)16/h3-6,13H,7-10H2,1-2H3/t13-/m0/s1. The van der Waals surface area contributed by atoms with Crippen molar-refractivity contribution in [3.05, 3.63) is 29.8 Å². The average Bonchev–Trinajstić information content (AvgIpc) is 2.86. The summed E-state index contributed by atoms with van der Waals surface area (Å²) in [4.78, 5) is 13.1. The molecule has 0 aromatic heterocycles. The molecular formula is C14H19NO4S. The van der Waals surface area contributed by atoms with E-state index < -0.39 is 10.1 Å². The van der Waals surface area contributed by atoms with Gasteiger partial charge in [0.05, 0.1) is 11.5 Å². The minimum atomic E-state index is -3.71.